The van der Waals surface area contributed by atoms with E-state index in [-0.39, 0.29) is 29.4 Å². The smallest absolute Gasteiger partial charge is 0.263 e. The number of carbonyl (C=O) groups is 3. The molecule has 0 bridgehead atoms. The fourth-order valence-electron chi connectivity index (χ4n) is 4.45. The van der Waals surface area contributed by atoms with E-state index in [9.17, 15) is 19.5 Å². The zero-order valence-corrected chi connectivity index (χ0v) is 22.9. The highest BCUT2D eigenvalue weighted by Gasteiger charge is 2.33. The fourth-order valence-corrected chi connectivity index (χ4v) is 4.45. The standard InChI is InChI=1S/C32H34N2O6/c1-32(2,40-26-13-11-24(12-14-26)30(37)23-7-5-4-6-8-23)31(38)33-25-17-19-34(20-18-25)29(36)16-10-22-9-15-27(35)28(21-22)39-3/h4-16,21,25,35H,17-20H2,1-3H3,(H,33,38)/b16-10+. The van der Waals surface area contributed by atoms with Gasteiger partial charge >= 0.3 is 0 Å². The number of piperidine rings is 1. The molecule has 0 unspecified atom stereocenters. The Morgan fingerprint density at radius 3 is 2.25 bits per heavy atom. The molecule has 1 heterocycles. The average molecular weight is 543 g/mol. The van der Waals surface area contributed by atoms with Gasteiger partial charge < -0.3 is 24.8 Å². The van der Waals surface area contributed by atoms with Crippen molar-refractivity contribution in [1.82, 2.24) is 10.2 Å². The first-order valence-electron chi connectivity index (χ1n) is 13.2. The number of nitrogens with one attached hydrogen (secondary N) is 1. The van der Waals surface area contributed by atoms with Crippen molar-refractivity contribution in [3.05, 3.63) is 95.6 Å². The Morgan fingerprint density at radius 1 is 0.950 bits per heavy atom. The third kappa shape index (κ3) is 7.08. The molecule has 0 spiro atoms. The molecule has 2 amide bonds. The Kier molecular flexibility index (Phi) is 8.89. The van der Waals surface area contributed by atoms with Crippen LogP contribution in [0.25, 0.3) is 6.08 Å². The molecule has 1 saturated heterocycles. The number of likely N-dealkylation sites (tertiary alicyclic amines) is 1. The molecule has 208 valence electrons. The van der Waals surface area contributed by atoms with Gasteiger partial charge in [-0.25, -0.2) is 0 Å². The van der Waals surface area contributed by atoms with E-state index in [1.165, 1.54) is 19.3 Å². The number of phenols is 1. The molecule has 0 atom stereocenters. The molecule has 8 heteroatoms. The van der Waals surface area contributed by atoms with Crippen LogP contribution in [0.2, 0.25) is 0 Å². The number of rotatable bonds is 9. The molecular formula is C32H34N2O6. The molecule has 1 fully saturated rings. The summed E-state index contributed by atoms with van der Waals surface area (Å²) in [6.45, 7) is 4.44. The van der Waals surface area contributed by atoms with Crippen molar-refractivity contribution in [3.63, 3.8) is 0 Å². The maximum Gasteiger partial charge on any atom is 0.263 e. The van der Waals surface area contributed by atoms with Crippen LogP contribution in [-0.2, 0) is 9.59 Å². The SMILES string of the molecule is COc1cc(/C=C/C(=O)N2CCC(NC(=O)C(C)(C)Oc3ccc(C(=O)c4ccccc4)cc3)CC2)ccc1O. The van der Waals surface area contributed by atoms with Crippen LogP contribution in [-0.4, -0.2) is 59.4 Å². The molecule has 0 radical (unpaired) electrons. The second kappa shape index (κ2) is 12.5. The highest BCUT2D eigenvalue weighted by atomic mass is 16.5. The minimum absolute atomic E-state index is 0.0388. The van der Waals surface area contributed by atoms with E-state index < -0.39 is 5.60 Å². The number of benzene rings is 3. The summed E-state index contributed by atoms with van der Waals surface area (Å²) in [6.07, 6.45) is 4.44. The largest absolute Gasteiger partial charge is 0.504 e. The van der Waals surface area contributed by atoms with E-state index in [4.69, 9.17) is 9.47 Å². The minimum Gasteiger partial charge on any atom is -0.504 e. The quantitative estimate of drug-likeness (QED) is 0.302. The van der Waals surface area contributed by atoms with Crippen molar-refractivity contribution in [2.24, 2.45) is 0 Å². The zero-order chi connectivity index (χ0) is 28.7. The molecule has 3 aromatic carbocycles. The number of ketones is 1. The van der Waals surface area contributed by atoms with Gasteiger partial charge in [0.05, 0.1) is 7.11 Å². The van der Waals surface area contributed by atoms with Gasteiger partial charge in [0.2, 0.25) is 5.91 Å². The van der Waals surface area contributed by atoms with Crippen molar-refractivity contribution in [2.75, 3.05) is 20.2 Å². The number of phenolic OH excluding ortho intramolecular Hbond substituents is 1. The second-order valence-electron chi connectivity index (χ2n) is 10.2. The van der Waals surface area contributed by atoms with Crippen LogP contribution in [0.1, 0.15) is 48.2 Å². The molecule has 0 aliphatic carbocycles. The number of hydrogen-bond acceptors (Lipinski definition) is 6. The Bertz CT molecular complexity index is 1370. The minimum atomic E-state index is -1.13. The number of amides is 2. The Morgan fingerprint density at radius 2 is 1.60 bits per heavy atom. The van der Waals surface area contributed by atoms with Crippen molar-refractivity contribution in [2.45, 2.75) is 38.3 Å². The van der Waals surface area contributed by atoms with Crippen molar-refractivity contribution < 1.29 is 29.0 Å². The normalized spacial score (nSPS) is 14.1. The molecule has 1 aliphatic heterocycles. The van der Waals surface area contributed by atoms with Gasteiger partial charge in [0.1, 0.15) is 5.75 Å². The van der Waals surface area contributed by atoms with Crippen molar-refractivity contribution >= 4 is 23.7 Å². The molecule has 2 N–H and O–H groups in total. The topological polar surface area (TPSA) is 105 Å². The predicted molar refractivity (Wildman–Crippen MR) is 152 cm³/mol. The van der Waals surface area contributed by atoms with Gasteiger partial charge in [0.15, 0.2) is 22.9 Å². The molecule has 0 saturated carbocycles. The molecule has 0 aromatic heterocycles. The molecule has 4 rings (SSSR count). The lowest BCUT2D eigenvalue weighted by Gasteiger charge is -2.34. The zero-order valence-electron chi connectivity index (χ0n) is 22.9. The summed E-state index contributed by atoms with van der Waals surface area (Å²) in [4.78, 5) is 40.1. The van der Waals surface area contributed by atoms with Gasteiger partial charge in [-0.3, -0.25) is 14.4 Å². The van der Waals surface area contributed by atoms with E-state index in [0.29, 0.717) is 48.6 Å². The Balaban J connectivity index is 1.26. The fraction of sp³-hybridized carbons (Fsp3) is 0.281. The highest BCUT2D eigenvalue weighted by Crippen LogP contribution is 2.27. The summed E-state index contributed by atoms with van der Waals surface area (Å²) in [5, 5.41) is 12.8. The Hall–Kier alpha value is -4.59. The van der Waals surface area contributed by atoms with Gasteiger partial charge in [-0.1, -0.05) is 36.4 Å². The van der Waals surface area contributed by atoms with Crippen molar-refractivity contribution in [3.8, 4) is 17.2 Å². The summed E-state index contributed by atoms with van der Waals surface area (Å²) >= 11 is 0. The van der Waals surface area contributed by atoms with Gasteiger partial charge in [-0.2, -0.15) is 0 Å². The van der Waals surface area contributed by atoms with Crippen LogP contribution in [0.5, 0.6) is 17.2 Å². The molecular weight excluding hydrogens is 508 g/mol. The molecule has 3 aromatic rings. The van der Waals surface area contributed by atoms with Crippen LogP contribution in [0.15, 0.2) is 78.9 Å². The number of aromatic hydroxyl groups is 1. The maximum atomic E-state index is 13.0. The van der Waals surface area contributed by atoms with Crippen LogP contribution in [0, 0.1) is 0 Å². The van der Waals surface area contributed by atoms with Crippen LogP contribution < -0.4 is 14.8 Å². The third-order valence-corrected chi connectivity index (χ3v) is 6.84. The summed E-state index contributed by atoms with van der Waals surface area (Å²) < 4.78 is 11.1. The van der Waals surface area contributed by atoms with Crippen molar-refractivity contribution in [1.29, 1.82) is 0 Å². The lowest BCUT2D eigenvalue weighted by molar-refractivity contribution is -0.135. The van der Waals surface area contributed by atoms with Crippen LogP contribution in [0.3, 0.4) is 0 Å². The lowest BCUT2D eigenvalue weighted by Crippen LogP contribution is -2.53. The summed E-state index contributed by atoms with van der Waals surface area (Å²) in [5.41, 5.74) is 0.758. The van der Waals surface area contributed by atoms with E-state index in [0.717, 1.165) is 5.56 Å². The first-order valence-corrected chi connectivity index (χ1v) is 13.2. The second-order valence-corrected chi connectivity index (χ2v) is 10.2. The molecule has 40 heavy (non-hydrogen) atoms. The van der Waals surface area contributed by atoms with Crippen LogP contribution >= 0.6 is 0 Å². The van der Waals surface area contributed by atoms with Gasteiger partial charge in [-0.05, 0) is 74.7 Å². The maximum absolute atomic E-state index is 13.0. The van der Waals surface area contributed by atoms with E-state index >= 15 is 0 Å². The Labute approximate surface area is 234 Å². The van der Waals surface area contributed by atoms with E-state index in [1.807, 2.05) is 18.2 Å². The van der Waals surface area contributed by atoms with Gasteiger partial charge in [0, 0.05) is 36.3 Å². The first kappa shape index (κ1) is 28.4. The number of ether oxygens (including phenoxy) is 2. The number of hydrogen-bond donors (Lipinski definition) is 2. The molecule has 8 nitrogen and oxygen atoms in total. The van der Waals surface area contributed by atoms with E-state index in [1.54, 1.807) is 73.4 Å². The summed E-state index contributed by atoms with van der Waals surface area (Å²) in [5.74, 6) is 0.427. The van der Waals surface area contributed by atoms with Gasteiger partial charge in [0.25, 0.3) is 5.91 Å². The number of methoxy groups -OCH3 is 1. The average Bonchev–Trinajstić information content (AvgIpc) is 2.97. The lowest BCUT2D eigenvalue weighted by atomic mass is 10.0. The summed E-state index contributed by atoms with van der Waals surface area (Å²) in [6, 6.07) is 20.6. The number of carbonyl (C=O) groups excluding carboxylic acids is 3. The number of nitrogens with zero attached hydrogens (tertiary/aromatic N) is 1. The summed E-state index contributed by atoms with van der Waals surface area (Å²) in [7, 11) is 1.47. The monoisotopic (exact) mass is 542 g/mol. The van der Waals surface area contributed by atoms with E-state index in [2.05, 4.69) is 5.32 Å². The predicted octanol–water partition coefficient (Wildman–Crippen LogP) is 4.61. The molecule has 1 aliphatic rings. The first-order chi connectivity index (χ1) is 19.2. The highest BCUT2D eigenvalue weighted by molar-refractivity contribution is 6.09. The van der Waals surface area contributed by atoms with Gasteiger partial charge in [-0.15, -0.1) is 0 Å². The third-order valence-electron chi connectivity index (χ3n) is 6.84. The van der Waals surface area contributed by atoms with Crippen LogP contribution in [0.4, 0.5) is 0 Å².